The van der Waals surface area contributed by atoms with Crippen molar-refractivity contribution in [1.29, 1.82) is 0 Å². The average molecular weight is 273 g/mol. The van der Waals surface area contributed by atoms with Crippen LogP contribution in [0.1, 0.15) is 33.3 Å². The lowest BCUT2D eigenvalue weighted by atomic mass is 10.1. The van der Waals surface area contributed by atoms with Gasteiger partial charge in [0, 0.05) is 18.6 Å². The molecule has 0 aliphatic carbocycles. The highest BCUT2D eigenvalue weighted by atomic mass is 35.5. The monoisotopic (exact) mass is 272 g/mol. The summed E-state index contributed by atoms with van der Waals surface area (Å²) in [5.41, 5.74) is 1.40. The van der Waals surface area contributed by atoms with Crippen molar-refractivity contribution >= 4 is 20.1 Å². The van der Waals surface area contributed by atoms with Crippen molar-refractivity contribution in [3.05, 3.63) is 35.9 Å². The van der Waals surface area contributed by atoms with Crippen molar-refractivity contribution in [2.45, 2.75) is 46.3 Å². The highest BCUT2D eigenvalue weighted by molar-refractivity contribution is 6.13. The molecule has 0 aliphatic rings. The Kier molecular flexibility index (Phi) is 12.7. The Hall–Kier alpha value is -0.545. The van der Waals surface area contributed by atoms with Gasteiger partial charge in [-0.15, -0.1) is 12.4 Å². The van der Waals surface area contributed by atoms with Crippen LogP contribution in [-0.4, -0.2) is 34.7 Å². The Morgan fingerprint density at radius 1 is 1.00 bits per heavy atom. The maximum absolute atomic E-state index is 7.00. The van der Waals surface area contributed by atoms with Crippen LogP contribution in [0.2, 0.25) is 0 Å². The van der Waals surface area contributed by atoms with E-state index in [9.17, 15) is 0 Å². The lowest BCUT2D eigenvalue weighted by Gasteiger charge is -2.30. The van der Waals surface area contributed by atoms with Gasteiger partial charge in [-0.05, 0) is 33.3 Å². The van der Waals surface area contributed by atoms with Crippen molar-refractivity contribution in [3.63, 3.8) is 0 Å². The smallest absolute Gasteiger partial charge is 0.429 e. The van der Waals surface area contributed by atoms with Gasteiger partial charge < -0.3 is 10.0 Å². The fourth-order valence-corrected chi connectivity index (χ4v) is 1.76. The zero-order chi connectivity index (χ0) is 13.3. The minimum Gasteiger partial charge on any atom is -0.429 e. The first-order chi connectivity index (χ1) is 8.02. The lowest BCUT2D eigenvalue weighted by molar-refractivity contribution is 0.166. The zero-order valence-corrected chi connectivity index (χ0v) is 12.4. The second-order valence-electron chi connectivity index (χ2n) is 4.46. The molecule has 103 valence electrons. The van der Waals surface area contributed by atoms with Crippen LogP contribution in [0, 0.1) is 0 Å². The van der Waals surface area contributed by atoms with Crippen molar-refractivity contribution in [1.82, 2.24) is 4.90 Å². The number of nitrogens with zero attached hydrogens (tertiary/aromatic N) is 1. The predicted octanol–water partition coefficient (Wildman–Crippen LogP) is 2.23. The highest BCUT2D eigenvalue weighted by Crippen LogP contribution is 2.11. The molecule has 0 unspecified atom stereocenters. The number of halogens is 1. The SMILES string of the molecule is CC(C)N(Cc1ccccc1)C(C)C.Cl.O[B]O. The van der Waals surface area contributed by atoms with Gasteiger partial charge in [0.15, 0.2) is 0 Å². The molecule has 0 saturated carbocycles. The summed E-state index contributed by atoms with van der Waals surface area (Å²) in [5, 5.41) is 14.0. The molecular weight excluding hydrogens is 248 g/mol. The first kappa shape index (κ1) is 19.8. The molecule has 0 bridgehead atoms. The molecule has 1 radical (unpaired) electrons. The van der Waals surface area contributed by atoms with E-state index in [-0.39, 0.29) is 20.1 Å². The van der Waals surface area contributed by atoms with Crippen molar-refractivity contribution in [2.24, 2.45) is 0 Å². The van der Waals surface area contributed by atoms with Gasteiger partial charge in [0.25, 0.3) is 0 Å². The molecule has 1 aromatic carbocycles. The minimum atomic E-state index is 0. The average Bonchev–Trinajstić information content (AvgIpc) is 2.27. The molecule has 0 amide bonds. The third-order valence-corrected chi connectivity index (χ3v) is 2.53. The van der Waals surface area contributed by atoms with E-state index >= 15 is 0 Å². The molecule has 5 heteroatoms. The second-order valence-corrected chi connectivity index (χ2v) is 4.46. The quantitative estimate of drug-likeness (QED) is 0.826. The fraction of sp³-hybridized carbons (Fsp3) is 0.538. The maximum atomic E-state index is 7.00. The largest absolute Gasteiger partial charge is 0.482 e. The van der Waals surface area contributed by atoms with Gasteiger partial charge in [-0.1, -0.05) is 30.3 Å². The first-order valence-corrected chi connectivity index (χ1v) is 5.92. The van der Waals surface area contributed by atoms with Gasteiger partial charge in [0.05, 0.1) is 0 Å². The lowest BCUT2D eigenvalue weighted by Crippen LogP contribution is -2.36. The van der Waals surface area contributed by atoms with Gasteiger partial charge in [0.2, 0.25) is 0 Å². The summed E-state index contributed by atoms with van der Waals surface area (Å²) in [5.74, 6) is 0. The Balaban J connectivity index is 0. The van der Waals surface area contributed by atoms with E-state index in [4.69, 9.17) is 10.0 Å². The summed E-state index contributed by atoms with van der Waals surface area (Å²) in [6, 6.07) is 11.9. The van der Waals surface area contributed by atoms with Gasteiger partial charge in [0.1, 0.15) is 0 Å². The van der Waals surface area contributed by atoms with Gasteiger partial charge >= 0.3 is 7.69 Å². The molecule has 1 rings (SSSR count). The Bertz CT molecular complexity index is 276. The maximum Gasteiger partial charge on any atom is 0.482 e. The van der Waals surface area contributed by atoms with E-state index in [1.807, 2.05) is 0 Å². The van der Waals surface area contributed by atoms with Crippen LogP contribution in [0.3, 0.4) is 0 Å². The Labute approximate surface area is 118 Å². The minimum absolute atomic E-state index is 0. The topological polar surface area (TPSA) is 43.7 Å². The fourth-order valence-electron chi connectivity index (χ4n) is 1.76. The van der Waals surface area contributed by atoms with Gasteiger partial charge in [-0.3, -0.25) is 4.90 Å². The number of hydrogen-bond donors (Lipinski definition) is 2. The standard InChI is InChI=1S/C13H21N.BH2O2.ClH/c1-11(2)14(12(3)4)10-13-8-6-5-7-9-13;2-1-3;/h5-9,11-12H,10H2,1-4H3;2-3H;1H. The van der Waals surface area contributed by atoms with Crippen molar-refractivity contribution < 1.29 is 10.0 Å². The molecule has 0 fully saturated rings. The zero-order valence-electron chi connectivity index (χ0n) is 11.6. The van der Waals surface area contributed by atoms with E-state index in [1.54, 1.807) is 0 Å². The highest BCUT2D eigenvalue weighted by Gasteiger charge is 2.12. The van der Waals surface area contributed by atoms with E-state index in [0.717, 1.165) is 6.54 Å². The molecule has 1 aromatic rings. The molecule has 0 heterocycles. The normalized spacial score (nSPS) is 9.83. The molecule has 0 atom stereocenters. The van der Waals surface area contributed by atoms with E-state index < -0.39 is 0 Å². The van der Waals surface area contributed by atoms with Crippen LogP contribution in [0.25, 0.3) is 0 Å². The van der Waals surface area contributed by atoms with Crippen LogP contribution in [-0.2, 0) is 6.54 Å². The molecule has 3 nitrogen and oxygen atoms in total. The summed E-state index contributed by atoms with van der Waals surface area (Å²) in [6.45, 7) is 10.1. The number of benzene rings is 1. The van der Waals surface area contributed by atoms with E-state index in [2.05, 4.69) is 62.9 Å². The summed E-state index contributed by atoms with van der Waals surface area (Å²) in [7, 11) is 0. The summed E-state index contributed by atoms with van der Waals surface area (Å²) < 4.78 is 0. The van der Waals surface area contributed by atoms with Crippen LogP contribution in [0.5, 0.6) is 0 Å². The molecule has 0 spiro atoms. The number of hydrogen-bond acceptors (Lipinski definition) is 3. The van der Waals surface area contributed by atoms with Crippen LogP contribution in [0.4, 0.5) is 0 Å². The Morgan fingerprint density at radius 3 is 1.72 bits per heavy atom. The second kappa shape index (κ2) is 11.5. The third-order valence-electron chi connectivity index (χ3n) is 2.53. The van der Waals surface area contributed by atoms with Crippen molar-refractivity contribution in [2.75, 3.05) is 0 Å². The number of rotatable bonds is 4. The molecule has 18 heavy (non-hydrogen) atoms. The van der Waals surface area contributed by atoms with Crippen LogP contribution in [0.15, 0.2) is 30.3 Å². The predicted molar refractivity (Wildman–Crippen MR) is 79.7 cm³/mol. The van der Waals surface area contributed by atoms with E-state index in [1.165, 1.54) is 5.56 Å². The first-order valence-electron chi connectivity index (χ1n) is 5.92. The molecular formula is C13H24BClNO2. The Morgan fingerprint density at radius 2 is 1.39 bits per heavy atom. The van der Waals surface area contributed by atoms with Crippen molar-refractivity contribution in [3.8, 4) is 0 Å². The van der Waals surface area contributed by atoms with Crippen LogP contribution < -0.4 is 0 Å². The summed E-state index contributed by atoms with van der Waals surface area (Å²) >= 11 is 0. The molecule has 0 saturated heterocycles. The van der Waals surface area contributed by atoms with Crippen LogP contribution >= 0.6 is 12.4 Å². The molecule has 0 aromatic heterocycles. The third kappa shape index (κ3) is 8.53. The van der Waals surface area contributed by atoms with E-state index in [0.29, 0.717) is 12.1 Å². The van der Waals surface area contributed by atoms with Gasteiger partial charge in [-0.2, -0.15) is 0 Å². The summed E-state index contributed by atoms with van der Waals surface area (Å²) in [6.07, 6.45) is 0. The van der Waals surface area contributed by atoms with Gasteiger partial charge in [-0.25, -0.2) is 0 Å². The summed E-state index contributed by atoms with van der Waals surface area (Å²) in [4.78, 5) is 2.50. The molecule has 0 aliphatic heterocycles. The molecule has 2 N–H and O–H groups in total.